The van der Waals surface area contributed by atoms with Crippen LogP contribution >= 0.6 is 25.3 Å². The molecular weight excluding hydrogens is 971 g/mol. The van der Waals surface area contributed by atoms with Gasteiger partial charge >= 0.3 is 6.03 Å². The van der Waals surface area contributed by atoms with Crippen LogP contribution in [0, 0.1) is 0 Å². The molecule has 0 saturated carbocycles. The highest BCUT2D eigenvalue weighted by molar-refractivity contribution is 7.80. The SMILES string of the molecule is C[C@@H](NC(=O)[C@H](CS)N1C(=O)NC(C)(C)C1=O)C(=O)N[C@@H](Cc1cnc[nH]1)C(=O)N[C@H](Cc1ccccc1)C(=O)N[C@@H](CCCN=C(N)N)C(=O)N[C@@H](Cc1c[nH]c2ccccc12)C(=O)N[C@@H](CS)C(N)=O. The topological polar surface area (TPSA) is 376 Å². The number of urea groups is 1. The molecule has 2 aromatic heterocycles. The number of guanidine groups is 1. The van der Waals surface area contributed by atoms with Crippen LogP contribution in [0.2, 0.25) is 0 Å². The number of nitrogens with one attached hydrogen (secondary N) is 9. The first-order valence-electron chi connectivity index (χ1n) is 22.8. The van der Waals surface area contributed by atoms with E-state index in [1.807, 2.05) is 24.3 Å². The molecule has 1 fully saturated rings. The third-order valence-corrected chi connectivity index (χ3v) is 12.3. The lowest BCUT2D eigenvalue weighted by Crippen LogP contribution is -2.61. The summed E-state index contributed by atoms with van der Waals surface area (Å²) < 4.78 is 0. The van der Waals surface area contributed by atoms with Gasteiger partial charge < -0.3 is 64.4 Å². The molecule has 0 spiro atoms. The van der Waals surface area contributed by atoms with Gasteiger partial charge in [0.1, 0.15) is 47.8 Å². The fraction of sp³-hybridized carbons (Fsp3) is 0.413. The Balaban J connectivity index is 1.40. The van der Waals surface area contributed by atoms with E-state index in [-0.39, 0.29) is 56.1 Å². The molecule has 26 heteroatoms. The lowest BCUT2D eigenvalue weighted by Gasteiger charge is -2.28. The van der Waals surface area contributed by atoms with Crippen LogP contribution in [0.4, 0.5) is 4.79 Å². The van der Waals surface area contributed by atoms with Gasteiger partial charge in [-0.2, -0.15) is 25.3 Å². The molecule has 7 atom stereocenters. The summed E-state index contributed by atoms with van der Waals surface area (Å²) in [6.45, 7) is 4.34. The summed E-state index contributed by atoms with van der Waals surface area (Å²) in [7, 11) is 0. The van der Waals surface area contributed by atoms with E-state index in [1.54, 1.807) is 36.5 Å². The Kier molecular flexibility index (Phi) is 19.6. The van der Waals surface area contributed by atoms with E-state index in [1.165, 1.54) is 33.3 Å². The predicted octanol–water partition coefficient (Wildman–Crippen LogP) is -2.05. The zero-order chi connectivity index (χ0) is 52.7. The summed E-state index contributed by atoms with van der Waals surface area (Å²) in [4.78, 5) is 137. The minimum atomic E-state index is -1.40. The number of aromatic amines is 2. The van der Waals surface area contributed by atoms with E-state index in [9.17, 15) is 43.2 Å². The summed E-state index contributed by atoms with van der Waals surface area (Å²) in [5.74, 6) is -7.07. The van der Waals surface area contributed by atoms with Gasteiger partial charge in [-0.1, -0.05) is 48.5 Å². The summed E-state index contributed by atoms with van der Waals surface area (Å²) in [5, 5.41) is 19.1. The van der Waals surface area contributed by atoms with Crippen molar-refractivity contribution in [1.82, 2.24) is 57.1 Å². The fourth-order valence-corrected chi connectivity index (χ4v) is 8.29. The number of benzene rings is 2. The molecule has 24 nitrogen and oxygen atoms in total. The zero-order valence-corrected chi connectivity index (χ0v) is 41.6. The number of H-pyrrole nitrogens is 2. The lowest BCUT2D eigenvalue weighted by molar-refractivity contribution is -0.138. The highest BCUT2D eigenvalue weighted by atomic mass is 32.1. The number of para-hydroxylation sites is 1. The Morgan fingerprint density at radius 1 is 0.708 bits per heavy atom. The molecule has 0 unspecified atom stereocenters. The molecule has 1 aliphatic heterocycles. The number of carbonyl (C=O) groups is 9. The van der Waals surface area contributed by atoms with Gasteiger partial charge in [-0.25, -0.2) is 14.7 Å². The molecular formula is C46H61N15O9S2. The fourth-order valence-electron chi connectivity index (χ4n) is 7.69. The number of rotatable bonds is 26. The summed E-state index contributed by atoms with van der Waals surface area (Å²) in [5.41, 5.74) is 17.8. The number of carbonyl (C=O) groups excluding carboxylic acids is 9. The van der Waals surface area contributed by atoms with Crippen LogP contribution in [0.25, 0.3) is 10.9 Å². The molecule has 1 aliphatic rings. The van der Waals surface area contributed by atoms with Crippen LogP contribution in [0.3, 0.4) is 0 Å². The smallest absolute Gasteiger partial charge is 0.325 e. The number of nitrogens with two attached hydrogens (primary N) is 3. The van der Waals surface area contributed by atoms with Crippen LogP contribution in [0.5, 0.6) is 0 Å². The van der Waals surface area contributed by atoms with Gasteiger partial charge in [-0.05, 0) is 50.8 Å². The first kappa shape index (κ1) is 55.3. The number of hydrogen-bond acceptors (Lipinski definition) is 13. The van der Waals surface area contributed by atoms with Crippen LogP contribution in [-0.2, 0) is 57.6 Å². The second-order valence-electron chi connectivity index (χ2n) is 17.5. The van der Waals surface area contributed by atoms with Crippen molar-refractivity contribution in [3.05, 3.63) is 90.1 Å². The molecule has 2 aromatic carbocycles. The van der Waals surface area contributed by atoms with Gasteiger partial charge in [-0.3, -0.25) is 43.3 Å². The molecule has 0 aliphatic carbocycles. The molecule has 4 aromatic rings. The number of imide groups is 1. The second kappa shape index (κ2) is 25.5. The molecule has 0 radical (unpaired) electrons. The molecule has 0 bridgehead atoms. The molecule has 1 saturated heterocycles. The maximum absolute atomic E-state index is 14.6. The van der Waals surface area contributed by atoms with Crippen molar-refractivity contribution in [3.63, 3.8) is 0 Å². The highest BCUT2D eigenvalue weighted by Gasteiger charge is 2.49. The average molecular weight is 1030 g/mol. The van der Waals surface area contributed by atoms with Crippen molar-refractivity contribution in [1.29, 1.82) is 0 Å². The molecule has 10 amide bonds. The van der Waals surface area contributed by atoms with E-state index < -0.39 is 101 Å². The van der Waals surface area contributed by atoms with Gasteiger partial charge in [-0.15, -0.1) is 0 Å². The van der Waals surface area contributed by atoms with Crippen LogP contribution in [0.1, 0.15) is 50.4 Å². The number of imidazole rings is 1. The number of fused-ring (bicyclic) bond motifs is 1. The molecule has 72 heavy (non-hydrogen) atoms. The van der Waals surface area contributed by atoms with Crippen molar-refractivity contribution in [2.45, 2.75) is 101 Å². The predicted molar refractivity (Wildman–Crippen MR) is 272 cm³/mol. The third-order valence-electron chi connectivity index (χ3n) is 11.6. The Morgan fingerprint density at radius 3 is 1.88 bits per heavy atom. The minimum Gasteiger partial charge on any atom is -0.370 e. The highest BCUT2D eigenvalue weighted by Crippen LogP contribution is 2.21. The Hall–Kier alpha value is -7.61. The van der Waals surface area contributed by atoms with Gasteiger partial charge in [0.15, 0.2) is 5.96 Å². The number of hydrogen-bond donors (Lipinski definition) is 14. The maximum atomic E-state index is 14.6. The lowest BCUT2D eigenvalue weighted by atomic mass is 10.0. The monoisotopic (exact) mass is 1030 g/mol. The summed E-state index contributed by atoms with van der Waals surface area (Å²) in [6.07, 6.45) is 4.23. The normalized spacial score (nSPS) is 15.9. The largest absolute Gasteiger partial charge is 0.370 e. The van der Waals surface area contributed by atoms with Crippen LogP contribution in [0.15, 0.2) is 78.3 Å². The number of aliphatic imine (C=N–C) groups is 1. The maximum Gasteiger partial charge on any atom is 0.325 e. The number of primary amides is 1. The number of aromatic nitrogens is 3. The zero-order valence-electron chi connectivity index (χ0n) is 39.8. The molecule has 3 heterocycles. The first-order chi connectivity index (χ1) is 34.2. The van der Waals surface area contributed by atoms with E-state index in [0.29, 0.717) is 16.8 Å². The summed E-state index contributed by atoms with van der Waals surface area (Å²) >= 11 is 8.33. The van der Waals surface area contributed by atoms with E-state index in [2.05, 4.69) is 82.4 Å². The standard InChI is InChI=1S/C46H61N15O9S2/c1-24(54-42(68)35(22-72)61-43(69)46(2,3)60-45(61)70)37(63)56-33(18-27-20-50-23-53-27)41(67)57-31(16-25-10-5-4-6-11-25)39(65)55-30(14-9-15-51-44(48)49)38(64)58-32(40(66)59-34(21-71)36(47)62)17-26-19-52-29-13-8-7-12-28(26)29/h4-8,10-13,19-20,23-24,30-35,52,71-72H,9,14-18,21-22H2,1-3H3,(H2,47,62)(H,50,53)(H,54,68)(H,55,65)(H,56,63)(H,57,67)(H,58,64)(H,59,66)(H,60,70)(H4,48,49,51)/t24-,30+,31-,32+,33+,34+,35+/m1/s1. The number of nitrogens with zero attached hydrogens (tertiary/aromatic N) is 3. The molecule has 386 valence electrons. The van der Waals surface area contributed by atoms with Gasteiger partial charge in [0.05, 0.1) is 6.33 Å². The van der Waals surface area contributed by atoms with Crippen LogP contribution < -0.4 is 54.4 Å². The number of thiol groups is 2. The third kappa shape index (κ3) is 15.0. The minimum absolute atomic E-state index is 0.0562. The Morgan fingerprint density at radius 2 is 1.29 bits per heavy atom. The van der Waals surface area contributed by atoms with E-state index in [0.717, 1.165) is 15.8 Å². The van der Waals surface area contributed by atoms with Crippen molar-refractivity contribution in [2.75, 3.05) is 18.1 Å². The Bertz CT molecular complexity index is 2630. The van der Waals surface area contributed by atoms with Crippen LogP contribution in [-0.4, -0.2) is 145 Å². The molecule has 15 N–H and O–H groups in total. The summed E-state index contributed by atoms with van der Waals surface area (Å²) in [6, 6.07) is 5.77. The van der Waals surface area contributed by atoms with Crippen molar-refractivity contribution < 1.29 is 43.2 Å². The quantitative estimate of drug-likeness (QED) is 0.0106. The first-order valence-corrected chi connectivity index (χ1v) is 24.1. The van der Waals surface area contributed by atoms with E-state index >= 15 is 0 Å². The van der Waals surface area contributed by atoms with E-state index in [4.69, 9.17) is 17.2 Å². The van der Waals surface area contributed by atoms with Crippen molar-refractivity contribution in [2.24, 2.45) is 22.2 Å². The Labute approximate surface area is 425 Å². The van der Waals surface area contributed by atoms with Gasteiger partial charge in [0.25, 0.3) is 5.91 Å². The number of amides is 10. The van der Waals surface area contributed by atoms with Gasteiger partial charge in [0.2, 0.25) is 41.4 Å². The van der Waals surface area contributed by atoms with Gasteiger partial charge in [0, 0.05) is 66.3 Å². The molecule has 5 rings (SSSR count). The average Bonchev–Trinajstić information content (AvgIpc) is 4.06. The van der Waals surface area contributed by atoms with Crippen molar-refractivity contribution in [3.8, 4) is 0 Å². The second-order valence-corrected chi connectivity index (χ2v) is 18.3. The van der Waals surface area contributed by atoms with Crippen molar-refractivity contribution >= 4 is 95.4 Å².